The highest BCUT2D eigenvalue weighted by Crippen LogP contribution is 2.23. The number of hydrogen-bond donors (Lipinski definition) is 3. The molecule has 0 spiro atoms. The number of aliphatic hydroxyl groups is 1. The van der Waals surface area contributed by atoms with Crippen molar-refractivity contribution in [3.63, 3.8) is 0 Å². The summed E-state index contributed by atoms with van der Waals surface area (Å²) < 4.78 is 11.0. The Balaban J connectivity index is 2.24. The predicted octanol–water partition coefficient (Wildman–Crippen LogP) is 0.199. The average molecular weight is 261 g/mol. The van der Waals surface area contributed by atoms with Crippen LogP contribution in [0.1, 0.15) is 27.2 Å². The number of carboxylic acids is 1. The van der Waals surface area contributed by atoms with E-state index in [9.17, 15) is 9.90 Å². The molecule has 6 nitrogen and oxygen atoms in total. The lowest BCUT2D eigenvalue weighted by Crippen LogP contribution is -2.46. The Bertz CT molecular complexity index is 270. The summed E-state index contributed by atoms with van der Waals surface area (Å²) in [5, 5.41) is 20.9. The molecule has 1 fully saturated rings. The van der Waals surface area contributed by atoms with Crippen molar-refractivity contribution < 1.29 is 24.5 Å². The van der Waals surface area contributed by atoms with E-state index < -0.39 is 18.1 Å². The van der Waals surface area contributed by atoms with Crippen LogP contribution >= 0.6 is 0 Å². The molecule has 0 aliphatic carbocycles. The molecule has 1 aliphatic rings. The molecule has 6 heteroatoms. The van der Waals surface area contributed by atoms with E-state index in [0.29, 0.717) is 26.2 Å². The Morgan fingerprint density at radius 2 is 2.00 bits per heavy atom. The van der Waals surface area contributed by atoms with Gasteiger partial charge in [0, 0.05) is 18.4 Å². The van der Waals surface area contributed by atoms with Crippen molar-refractivity contribution in [3.8, 4) is 0 Å². The van der Waals surface area contributed by atoms with Gasteiger partial charge in [-0.15, -0.1) is 0 Å². The van der Waals surface area contributed by atoms with Crippen molar-refractivity contribution in [1.29, 1.82) is 0 Å². The summed E-state index contributed by atoms with van der Waals surface area (Å²) in [7, 11) is 0. The van der Waals surface area contributed by atoms with E-state index in [1.54, 1.807) is 0 Å². The molecule has 0 bridgehead atoms. The van der Waals surface area contributed by atoms with Crippen LogP contribution in [0.3, 0.4) is 0 Å². The van der Waals surface area contributed by atoms with E-state index in [4.69, 9.17) is 14.6 Å². The molecule has 18 heavy (non-hydrogen) atoms. The molecule has 106 valence electrons. The number of hydrogen-bond acceptors (Lipinski definition) is 5. The number of carbonyl (C=O) groups is 1. The van der Waals surface area contributed by atoms with Crippen LogP contribution in [-0.4, -0.2) is 54.4 Å². The van der Waals surface area contributed by atoms with Gasteiger partial charge in [0.05, 0.1) is 19.3 Å². The van der Waals surface area contributed by atoms with Crippen molar-refractivity contribution in [2.75, 3.05) is 19.8 Å². The Morgan fingerprint density at radius 1 is 1.44 bits per heavy atom. The van der Waals surface area contributed by atoms with E-state index in [-0.39, 0.29) is 11.7 Å². The first kappa shape index (κ1) is 15.4. The fourth-order valence-electron chi connectivity index (χ4n) is 1.71. The van der Waals surface area contributed by atoms with Gasteiger partial charge in [-0.25, -0.2) is 0 Å². The van der Waals surface area contributed by atoms with Crippen LogP contribution in [0.4, 0.5) is 0 Å². The topological polar surface area (TPSA) is 88.0 Å². The van der Waals surface area contributed by atoms with Gasteiger partial charge < -0.3 is 25.0 Å². The minimum atomic E-state index is -1.06. The van der Waals surface area contributed by atoms with Crippen molar-refractivity contribution in [2.45, 2.75) is 45.6 Å². The van der Waals surface area contributed by atoms with Crippen molar-refractivity contribution in [3.05, 3.63) is 0 Å². The third kappa shape index (κ3) is 4.89. The molecule has 0 amide bonds. The standard InChI is InChI=1S/C12H23NO5/c1-8(14)10(11(15)16)13-5-4-9-17-6-12(2,3)7-18-9/h8-10,13-14H,4-7H2,1-3H3,(H,15,16)/t8-,10+/m1/s1. The summed E-state index contributed by atoms with van der Waals surface area (Å²) in [5.74, 6) is -1.06. The minimum absolute atomic E-state index is 0.0349. The molecule has 0 aromatic heterocycles. The number of carboxylic acid groups (broad SMARTS) is 1. The number of ether oxygens (including phenoxy) is 2. The molecular weight excluding hydrogens is 238 g/mol. The van der Waals surface area contributed by atoms with Gasteiger partial charge in [-0.2, -0.15) is 0 Å². The molecule has 0 aromatic rings. The Hall–Kier alpha value is -0.690. The smallest absolute Gasteiger partial charge is 0.323 e. The average Bonchev–Trinajstić information content (AvgIpc) is 2.25. The van der Waals surface area contributed by atoms with E-state index in [2.05, 4.69) is 19.2 Å². The molecule has 0 aromatic carbocycles. The molecule has 1 heterocycles. The van der Waals surface area contributed by atoms with Crippen LogP contribution < -0.4 is 5.32 Å². The zero-order valence-corrected chi connectivity index (χ0v) is 11.2. The lowest BCUT2D eigenvalue weighted by molar-refractivity contribution is -0.223. The van der Waals surface area contributed by atoms with Crippen molar-refractivity contribution in [1.82, 2.24) is 5.32 Å². The maximum Gasteiger partial charge on any atom is 0.323 e. The fraction of sp³-hybridized carbons (Fsp3) is 0.917. The van der Waals surface area contributed by atoms with Gasteiger partial charge in [-0.1, -0.05) is 13.8 Å². The van der Waals surface area contributed by atoms with Gasteiger partial charge in [-0.3, -0.25) is 4.79 Å². The molecule has 1 rings (SSSR count). The molecule has 3 N–H and O–H groups in total. The fourth-order valence-corrected chi connectivity index (χ4v) is 1.71. The van der Waals surface area contributed by atoms with Gasteiger partial charge in [0.15, 0.2) is 6.29 Å². The van der Waals surface area contributed by atoms with Gasteiger partial charge in [0.1, 0.15) is 6.04 Å². The summed E-state index contributed by atoms with van der Waals surface area (Å²) in [6, 6.07) is -0.954. The summed E-state index contributed by atoms with van der Waals surface area (Å²) in [5.41, 5.74) is 0.0349. The van der Waals surface area contributed by atoms with Gasteiger partial charge in [0.2, 0.25) is 0 Å². The first-order valence-corrected chi connectivity index (χ1v) is 6.19. The van der Waals surface area contributed by atoms with Crippen LogP contribution in [0.5, 0.6) is 0 Å². The molecule has 0 unspecified atom stereocenters. The van der Waals surface area contributed by atoms with E-state index in [0.717, 1.165) is 0 Å². The van der Waals surface area contributed by atoms with Crippen LogP contribution in [0.25, 0.3) is 0 Å². The second kappa shape index (κ2) is 6.47. The number of aliphatic carboxylic acids is 1. The van der Waals surface area contributed by atoms with Gasteiger partial charge >= 0.3 is 5.97 Å². The molecule has 1 aliphatic heterocycles. The second-order valence-electron chi connectivity index (χ2n) is 5.52. The monoisotopic (exact) mass is 261 g/mol. The lowest BCUT2D eigenvalue weighted by atomic mass is 9.95. The highest BCUT2D eigenvalue weighted by atomic mass is 16.7. The Morgan fingerprint density at radius 3 is 2.44 bits per heavy atom. The largest absolute Gasteiger partial charge is 0.480 e. The maximum atomic E-state index is 10.8. The number of nitrogens with one attached hydrogen (secondary N) is 1. The van der Waals surface area contributed by atoms with Gasteiger partial charge in [0.25, 0.3) is 0 Å². The number of rotatable bonds is 6. The zero-order valence-electron chi connectivity index (χ0n) is 11.2. The van der Waals surface area contributed by atoms with Crippen molar-refractivity contribution in [2.24, 2.45) is 5.41 Å². The molecule has 0 radical (unpaired) electrons. The van der Waals surface area contributed by atoms with Crippen molar-refractivity contribution >= 4 is 5.97 Å². The SMILES string of the molecule is C[C@@H](O)[C@H](NCCC1OCC(C)(C)CO1)C(=O)O. The summed E-state index contributed by atoms with van der Waals surface area (Å²) in [4.78, 5) is 10.8. The maximum absolute atomic E-state index is 10.8. The van der Waals surface area contributed by atoms with E-state index >= 15 is 0 Å². The van der Waals surface area contributed by atoms with E-state index in [1.165, 1.54) is 6.92 Å². The van der Waals surface area contributed by atoms with Crippen LogP contribution in [0.2, 0.25) is 0 Å². The van der Waals surface area contributed by atoms with Crippen LogP contribution in [0, 0.1) is 5.41 Å². The summed E-state index contributed by atoms with van der Waals surface area (Å²) in [6.45, 7) is 7.27. The van der Waals surface area contributed by atoms with Crippen LogP contribution in [-0.2, 0) is 14.3 Å². The third-order valence-corrected chi connectivity index (χ3v) is 2.81. The summed E-state index contributed by atoms with van der Waals surface area (Å²) >= 11 is 0. The minimum Gasteiger partial charge on any atom is -0.480 e. The second-order valence-corrected chi connectivity index (χ2v) is 5.52. The molecule has 0 saturated carbocycles. The predicted molar refractivity (Wildman–Crippen MR) is 65.2 cm³/mol. The highest BCUT2D eigenvalue weighted by molar-refractivity contribution is 5.74. The first-order valence-electron chi connectivity index (χ1n) is 6.19. The third-order valence-electron chi connectivity index (χ3n) is 2.81. The Labute approximate surface area is 107 Å². The molecule has 1 saturated heterocycles. The lowest BCUT2D eigenvalue weighted by Gasteiger charge is -2.34. The highest BCUT2D eigenvalue weighted by Gasteiger charge is 2.28. The first-order chi connectivity index (χ1) is 8.32. The zero-order chi connectivity index (χ0) is 13.8. The number of aliphatic hydroxyl groups excluding tert-OH is 1. The quantitative estimate of drug-likeness (QED) is 0.633. The molecular formula is C12H23NO5. The van der Waals surface area contributed by atoms with Gasteiger partial charge in [-0.05, 0) is 6.92 Å². The molecule has 2 atom stereocenters. The Kier molecular flexibility index (Phi) is 5.52. The normalized spacial score (nSPS) is 23.6. The van der Waals surface area contributed by atoms with E-state index in [1.807, 2.05) is 0 Å². The van der Waals surface area contributed by atoms with Crippen LogP contribution in [0.15, 0.2) is 0 Å². The summed E-state index contributed by atoms with van der Waals surface area (Å²) in [6.07, 6.45) is -0.671.